The van der Waals surface area contributed by atoms with Gasteiger partial charge in [0.1, 0.15) is 18.2 Å². The second-order valence-corrected chi connectivity index (χ2v) is 6.13. The molecule has 0 aliphatic heterocycles. The van der Waals surface area contributed by atoms with Gasteiger partial charge < -0.3 is 5.32 Å². The van der Waals surface area contributed by atoms with Crippen LogP contribution in [0.15, 0.2) is 29.1 Å². The lowest BCUT2D eigenvalue weighted by Gasteiger charge is -2.20. The van der Waals surface area contributed by atoms with Crippen molar-refractivity contribution in [2.75, 3.05) is 5.32 Å². The number of rotatable bonds is 3. The summed E-state index contributed by atoms with van der Waals surface area (Å²) in [5.41, 5.74) is 1.10. The first kappa shape index (κ1) is 16.3. The Morgan fingerprint density at radius 3 is 2.96 bits per heavy atom. The summed E-state index contributed by atoms with van der Waals surface area (Å²) < 4.78 is 27.7. The van der Waals surface area contributed by atoms with Gasteiger partial charge >= 0.3 is 0 Å². The minimum atomic E-state index is -0.746. The molecule has 0 saturated carbocycles. The Balaban J connectivity index is 1.77. The third-order valence-corrected chi connectivity index (χ3v) is 4.10. The van der Waals surface area contributed by atoms with E-state index in [1.807, 2.05) is 0 Å². The van der Waals surface area contributed by atoms with Crippen molar-refractivity contribution in [3.05, 3.63) is 57.5 Å². The van der Waals surface area contributed by atoms with Gasteiger partial charge in [-0.05, 0) is 42.9 Å². The van der Waals surface area contributed by atoms with Crippen molar-refractivity contribution < 1.29 is 13.6 Å². The highest BCUT2D eigenvalue weighted by Gasteiger charge is 2.19. The molecule has 126 valence electrons. The zero-order valence-electron chi connectivity index (χ0n) is 13.2. The smallest absolute Gasteiger partial charge is 0.267 e. The van der Waals surface area contributed by atoms with E-state index in [9.17, 15) is 18.4 Å². The molecular weight excluding hydrogens is 316 g/mol. The van der Waals surface area contributed by atoms with Crippen LogP contribution < -0.4 is 10.9 Å². The summed E-state index contributed by atoms with van der Waals surface area (Å²) in [6, 6.07) is 4.28. The predicted octanol–water partition coefficient (Wildman–Crippen LogP) is 2.29. The molecule has 1 aliphatic rings. The number of fused-ring (bicyclic) bond motifs is 1. The number of benzene rings is 1. The van der Waals surface area contributed by atoms with Gasteiger partial charge in [0.05, 0.1) is 11.4 Å². The van der Waals surface area contributed by atoms with Gasteiger partial charge in [0, 0.05) is 12.1 Å². The molecule has 0 saturated heterocycles. The number of hydrogen-bond donors (Lipinski definition) is 1. The highest BCUT2D eigenvalue weighted by atomic mass is 19.1. The number of nitrogens with zero attached hydrogens (tertiary/aromatic N) is 2. The molecule has 1 aliphatic carbocycles. The second-order valence-electron chi connectivity index (χ2n) is 6.13. The van der Waals surface area contributed by atoms with Gasteiger partial charge in [-0.25, -0.2) is 13.5 Å². The molecule has 1 aromatic carbocycles. The lowest BCUT2D eigenvalue weighted by Crippen LogP contribution is -2.32. The minimum Gasteiger partial charge on any atom is -0.322 e. The van der Waals surface area contributed by atoms with Crippen LogP contribution in [-0.2, 0) is 24.2 Å². The van der Waals surface area contributed by atoms with Gasteiger partial charge in [-0.1, -0.05) is 6.92 Å². The number of hydrogen-bond acceptors (Lipinski definition) is 3. The van der Waals surface area contributed by atoms with E-state index in [4.69, 9.17) is 0 Å². The largest absolute Gasteiger partial charge is 0.322 e. The highest BCUT2D eigenvalue weighted by Crippen LogP contribution is 2.22. The number of carbonyl (C=O) groups excluding carboxylic acids is 1. The van der Waals surface area contributed by atoms with Crippen molar-refractivity contribution in [3.8, 4) is 0 Å². The summed E-state index contributed by atoms with van der Waals surface area (Å²) in [5, 5.41) is 6.50. The van der Waals surface area contributed by atoms with E-state index in [1.54, 1.807) is 0 Å². The average Bonchev–Trinajstić information content (AvgIpc) is 2.52. The SMILES string of the molecule is C[C@@H]1CCc2nn(CC(=O)Nc3cc(F)ccc3F)c(=O)cc2C1. The van der Waals surface area contributed by atoms with Gasteiger partial charge in [-0.2, -0.15) is 5.10 Å². The quantitative estimate of drug-likeness (QED) is 0.937. The Kier molecular flexibility index (Phi) is 4.42. The van der Waals surface area contributed by atoms with Crippen molar-refractivity contribution in [2.24, 2.45) is 5.92 Å². The number of nitrogens with one attached hydrogen (secondary N) is 1. The molecule has 0 bridgehead atoms. The molecule has 5 nitrogen and oxygen atoms in total. The normalized spacial score (nSPS) is 16.5. The molecule has 0 fully saturated rings. The first-order valence-corrected chi connectivity index (χ1v) is 7.77. The number of anilines is 1. The topological polar surface area (TPSA) is 64.0 Å². The van der Waals surface area contributed by atoms with Crippen LogP contribution in [0, 0.1) is 17.6 Å². The third-order valence-electron chi connectivity index (χ3n) is 4.10. The van der Waals surface area contributed by atoms with Crippen LogP contribution in [0.3, 0.4) is 0 Å². The maximum Gasteiger partial charge on any atom is 0.267 e. The molecule has 7 heteroatoms. The monoisotopic (exact) mass is 333 g/mol. The van der Waals surface area contributed by atoms with Crippen molar-refractivity contribution in [2.45, 2.75) is 32.7 Å². The highest BCUT2D eigenvalue weighted by molar-refractivity contribution is 5.90. The van der Waals surface area contributed by atoms with Gasteiger partial charge in [-0.15, -0.1) is 0 Å². The van der Waals surface area contributed by atoms with Crippen LogP contribution in [0.25, 0.3) is 0 Å². The first-order valence-electron chi connectivity index (χ1n) is 7.77. The van der Waals surface area contributed by atoms with E-state index in [1.165, 1.54) is 6.07 Å². The predicted molar refractivity (Wildman–Crippen MR) is 84.7 cm³/mol. The summed E-state index contributed by atoms with van der Waals surface area (Å²) in [6.45, 7) is 1.77. The van der Waals surface area contributed by atoms with Crippen molar-refractivity contribution in [1.82, 2.24) is 9.78 Å². The number of amides is 1. The van der Waals surface area contributed by atoms with Gasteiger partial charge in [0.15, 0.2) is 0 Å². The van der Waals surface area contributed by atoms with E-state index >= 15 is 0 Å². The lowest BCUT2D eigenvalue weighted by atomic mass is 9.88. The summed E-state index contributed by atoms with van der Waals surface area (Å²) in [7, 11) is 0. The Morgan fingerprint density at radius 2 is 2.17 bits per heavy atom. The molecule has 0 unspecified atom stereocenters. The number of halogens is 2. The molecule has 3 rings (SSSR count). The van der Waals surface area contributed by atoms with E-state index < -0.39 is 17.5 Å². The van der Waals surface area contributed by atoms with E-state index in [2.05, 4.69) is 17.3 Å². The molecule has 1 N–H and O–H groups in total. The van der Waals surface area contributed by atoms with Crippen LogP contribution in [0.4, 0.5) is 14.5 Å². The summed E-state index contributed by atoms with van der Waals surface area (Å²) in [4.78, 5) is 24.1. The summed E-state index contributed by atoms with van der Waals surface area (Å²) in [5.74, 6) is -1.54. The number of carbonyl (C=O) groups is 1. The van der Waals surface area contributed by atoms with E-state index in [0.717, 1.165) is 53.4 Å². The number of aromatic nitrogens is 2. The Labute approximate surface area is 137 Å². The number of aryl methyl sites for hydroxylation is 1. The first-order chi connectivity index (χ1) is 11.4. The molecule has 1 atom stereocenters. The molecule has 2 aromatic rings. The van der Waals surface area contributed by atoms with Crippen LogP contribution in [-0.4, -0.2) is 15.7 Å². The average molecular weight is 333 g/mol. The summed E-state index contributed by atoms with van der Waals surface area (Å²) in [6.07, 6.45) is 2.55. The fraction of sp³-hybridized carbons (Fsp3) is 0.353. The zero-order valence-corrected chi connectivity index (χ0v) is 13.2. The molecular formula is C17H17F2N3O2. The summed E-state index contributed by atoms with van der Waals surface area (Å²) >= 11 is 0. The maximum atomic E-state index is 13.5. The molecule has 0 radical (unpaired) electrons. The minimum absolute atomic E-state index is 0.264. The van der Waals surface area contributed by atoms with Gasteiger partial charge in [0.25, 0.3) is 5.56 Å². The fourth-order valence-electron chi connectivity index (χ4n) is 2.85. The van der Waals surface area contributed by atoms with Crippen molar-refractivity contribution in [1.29, 1.82) is 0 Å². The van der Waals surface area contributed by atoms with E-state index in [0.29, 0.717) is 5.92 Å². The van der Waals surface area contributed by atoms with Gasteiger partial charge in [-0.3, -0.25) is 9.59 Å². The Bertz CT molecular complexity index is 848. The van der Waals surface area contributed by atoms with Crippen molar-refractivity contribution in [3.63, 3.8) is 0 Å². The van der Waals surface area contributed by atoms with Crippen LogP contribution in [0.2, 0.25) is 0 Å². The van der Waals surface area contributed by atoms with Crippen LogP contribution in [0.5, 0.6) is 0 Å². The lowest BCUT2D eigenvalue weighted by molar-refractivity contribution is -0.117. The Morgan fingerprint density at radius 1 is 1.38 bits per heavy atom. The molecule has 1 amide bonds. The molecule has 0 spiro atoms. The molecule has 1 heterocycles. The second kappa shape index (κ2) is 6.51. The van der Waals surface area contributed by atoms with Gasteiger partial charge in [0.2, 0.25) is 5.91 Å². The molecule has 1 aromatic heterocycles. The fourth-order valence-corrected chi connectivity index (χ4v) is 2.85. The standard InChI is InChI=1S/C17H17F2N3O2/c1-10-2-5-14-11(6-10)7-17(24)22(21-14)9-16(23)20-15-8-12(18)3-4-13(15)19/h3-4,7-8,10H,2,5-6,9H2,1H3,(H,20,23)/t10-/m1/s1. The third kappa shape index (κ3) is 3.50. The van der Waals surface area contributed by atoms with Crippen molar-refractivity contribution >= 4 is 11.6 Å². The van der Waals surface area contributed by atoms with Crippen LogP contribution in [0.1, 0.15) is 24.6 Å². The molecule has 24 heavy (non-hydrogen) atoms. The van der Waals surface area contributed by atoms with Crippen LogP contribution >= 0.6 is 0 Å². The zero-order chi connectivity index (χ0) is 17.3. The Hall–Kier alpha value is -2.57. The maximum absolute atomic E-state index is 13.5. The van der Waals surface area contributed by atoms with E-state index in [-0.39, 0.29) is 17.8 Å².